The lowest BCUT2D eigenvalue weighted by molar-refractivity contribution is -0.646. The maximum Gasteiger partial charge on any atom is 0.214 e. The fourth-order valence-corrected chi connectivity index (χ4v) is 4.01. The third-order valence-corrected chi connectivity index (χ3v) is 5.86. The highest BCUT2D eigenvalue weighted by Gasteiger charge is 2.14. The number of aryl methyl sites for hydroxylation is 1. The molecule has 0 aliphatic carbocycles. The molecule has 0 radical (unpaired) electrons. The number of H-pyrrole nitrogens is 1. The average molecular weight is 400 g/mol. The second-order valence-electron chi connectivity index (χ2n) is 7.66. The van der Waals surface area contributed by atoms with Crippen molar-refractivity contribution in [1.82, 2.24) is 9.88 Å². The quantitative estimate of drug-likeness (QED) is 0.406. The van der Waals surface area contributed by atoms with E-state index in [9.17, 15) is 0 Å². The average Bonchev–Trinajstić information content (AvgIpc) is 3.20. The minimum Gasteiger partial charge on any atom is -0.383 e. The molecule has 0 aliphatic rings. The van der Waals surface area contributed by atoms with Crippen molar-refractivity contribution < 1.29 is 4.57 Å². The Balaban J connectivity index is 1.64. The number of nitrogens with zero attached hydrogens (tertiary/aromatic N) is 2. The Labute approximate surface area is 178 Å². The molecule has 0 saturated heterocycles. The van der Waals surface area contributed by atoms with Crippen LogP contribution >= 0.6 is 0 Å². The summed E-state index contributed by atoms with van der Waals surface area (Å²) < 4.78 is 2.25. The van der Waals surface area contributed by atoms with Gasteiger partial charge in [0, 0.05) is 42.5 Å². The van der Waals surface area contributed by atoms with Gasteiger partial charge in [0.2, 0.25) is 11.2 Å². The molecular formula is C26H31N4+. The van der Waals surface area contributed by atoms with Gasteiger partial charge >= 0.3 is 0 Å². The molecule has 0 bridgehead atoms. The van der Waals surface area contributed by atoms with Crippen LogP contribution in [-0.2, 0) is 7.05 Å². The first-order valence-electron chi connectivity index (χ1n) is 10.8. The van der Waals surface area contributed by atoms with Gasteiger partial charge in [0.15, 0.2) is 0 Å². The Hall–Kier alpha value is -3.11. The van der Waals surface area contributed by atoms with Crippen LogP contribution in [0.2, 0.25) is 0 Å². The van der Waals surface area contributed by atoms with Gasteiger partial charge in [0.05, 0.1) is 11.1 Å². The highest BCUT2D eigenvalue weighted by Crippen LogP contribution is 2.23. The van der Waals surface area contributed by atoms with Crippen molar-refractivity contribution in [3.8, 4) is 0 Å². The van der Waals surface area contributed by atoms with E-state index in [-0.39, 0.29) is 0 Å². The van der Waals surface area contributed by atoms with Crippen LogP contribution in [0, 0.1) is 0 Å². The van der Waals surface area contributed by atoms with Gasteiger partial charge in [-0.05, 0) is 42.8 Å². The van der Waals surface area contributed by atoms with Crippen LogP contribution < -0.4 is 9.88 Å². The van der Waals surface area contributed by atoms with E-state index < -0.39 is 0 Å². The standard InChI is InChI=1S/C26H30N4/c1-4-30(5-2)17-16-27-25-19-22(29(3)26-13-9-7-11-23(25)26)15-14-21-18-20-10-6-8-12-24(20)28-21/h6-15,18-19H,4-5,16-17H2,1-3H3,(H,27,28)/p+1. The van der Waals surface area contributed by atoms with E-state index in [1.54, 1.807) is 0 Å². The van der Waals surface area contributed by atoms with Crippen molar-refractivity contribution in [2.75, 3.05) is 31.5 Å². The molecule has 154 valence electrons. The van der Waals surface area contributed by atoms with Crippen LogP contribution in [0.1, 0.15) is 25.2 Å². The SMILES string of the molecule is CCN(CC)CCNc1cc(/C=C/c2cc3ccccc3[nH]2)[n+](C)c2ccccc12. The molecular weight excluding hydrogens is 368 g/mol. The Kier molecular flexibility index (Phi) is 6.15. The minimum atomic E-state index is 0.935. The number of nitrogens with one attached hydrogen (secondary N) is 2. The number of pyridine rings is 1. The molecule has 2 aromatic heterocycles. The maximum atomic E-state index is 3.68. The van der Waals surface area contributed by atoms with Gasteiger partial charge in [-0.1, -0.05) is 44.2 Å². The van der Waals surface area contributed by atoms with Gasteiger partial charge in [0.25, 0.3) is 0 Å². The van der Waals surface area contributed by atoms with Gasteiger partial charge in [-0.3, -0.25) is 0 Å². The predicted molar refractivity (Wildman–Crippen MR) is 129 cm³/mol. The van der Waals surface area contributed by atoms with E-state index in [1.165, 1.54) is 27.5 Å². The second-order valence-corrected chi connectivity index (χ2v) is 7.66. The van der Waals surface area contributed by atoms with E-state index in [4.69, 9.17) is 0 Å². The Morgan fingerprint density at radius 3 is 2.53 bits per heavy atom. The number of likely N-dealkylation sites (N-methyl/N-ethyl adjacent to an activating group) is 1. The van der Waals surface area contributed by atoms with E-state index in [1.807, 2.05) is 0 Å². The topological polar surface area (TPSA) is 34.9 Å². The van der Waals surface area contributed by atoms with Crippen LogP contribution in [0.5, 0.6) is 0 Å². The summed E-state index contributed by atoms with van der Waals surface area (Å²) in [4.78, 5) is 5.92. The molecule has 2 aromatic carbocycles. The van der Waals surface area contributed by atoms with Gasteiger partial charge < -0.3 is 15.2 Å². The molecule has 4 nitrogen and oxygen atoms in total. The molecule has 0 fully saturated rings. The Morgan fingerprint density at radius 2 is 1.73 bits per heavy atom. The Bertz CT molecular complexity index is 1140. The molecule has 0 saturated carbocycles. The zero-order valence-electron chi connectivity index (χ0n) is 18.2. The normalized spacial score (nSPS) is 11.9. The summed E-state index contributed by atoms with van der Waals surface area (Å²) in [6, 6.07) is 21.4. The largest absolute Gasteiger partial charge is 0.383 e. The van der Waals surface area contributed by atoms with Gasteiger partial charge in [0.1, 0.15) is 7.05 Å². The van der Waals surface area contributed by atoms with Crippen LogP contribution in [0.4, 0.5) is 5.69 Å². The zero-order chi connectivity index (χ0) is 20.9. The molecule has 0 unspecified atom stereocenters. The van der Waals surface area contributed by atoms with E-state index in [0.29, 0.717) is 0 Å². The number of aromatic amines is 1. The first-order chi connectivity index (χ1) is 14.7. The van der Waals surface area contributed by atoms with Crippen molar-refractivity contribution in [2.24, 2.45) is 7.05 Å². The van der Waals surface area contributed by atoms with E-state index in [0.717, 1.165) is 37.6 Å². The summed E-state index contributed by atoms with van der Waals surface area (Å²) in [5.74, 6) is 0. The number of para-hydroxylation sites is 2. The number of rotatable bonds is 8. The molecule has 30 heavy (non-hydrogen) atoms. The van der Waals surface area contributed by atoms with Crippen LogP contribution in [-0.4, -0.2) is 36.1 Å². The number of fused-ring (bicyclic) bond motifs is 2. The summed E-state index contributed by atoms with van der Waals surface area (Å²) >= 11 is 0. The van der Waals surface area contributed by atoms with E-state index >= 15 is 0 Å². The van der Waals surface area contributed by atoms with Gasteiger partial charge in [-0.25, -0.2) is 0 Å². The monoisotopic (exact) mass is 399 g/mol. The third-order valence-electron chi connectivity index (χ3n) is 5.86. The summed E-state index contributed by atoms with van der Waals surface area (Å²) in [5, 5.41) is 6.16. The molecule has 2 N–H and O–H groups in total. The minimum absolute atomic E-state index is 0.935. The molecule has 4 rings (SSSR count). The second kappa shape index (κ2) is 9.14. The van der Waals surface area contributed by atoms with Crippen molar-refractivity contribution in [1.29, 1.82) is 0 Å². The zero-order valence-corrected chi connectivity index (χ0v) is 18.2. The lowest BCUT2D eigenvalue weighted by Gasteiger charge is -2.19. The summed E-state index contributed by atoms with van der Waals surface area (Å²) in [6.45, 7) is 8.58. The molecule has 2 heterocycles. The lowest BCUT2D eigenvalue weighted by Crippen LogP contribution is -2.33. The summed E-state index contributed by atoms with van der Waals surface area (Å²) in [6.07, 6.45) is 4.34. The molecule has 0 aliphatic heterocycles. The Morgan fingerprint density at radius 1 is 0.967 bits per heavy atom. The van der Waals surface area contributed by atoms with Crippen molar-refractivity contribution >= 4 is 39.6 Å². The van der Waals surface area contributed by atoms with Crippen molar-refractivity contribution in [3.05, 3.63) is 72.1 Å². The highest BCUT2D eigenvalue weighted by atomic mass is 15.1. The number of benzene rings is 2. The van der Waals surface area contributed by atoms with Gasteiger partial charge in [-0.15, -0.1) is 0 Å². The summed E-state index contributed by atoms with van der Waals surface area (Å²) in [5.41, 5.74) is 5.85. The molecule has 0 atom stereocenters. The van der Waals surface area contributed by atoms with Crippen LogP contribution in [0.15, 0.2) is 60.7 Å². The van der Waals surface area contributed by atoms with Crippen molar-refractivity contribution in [2.45, 2.75) is 13.8 Å². The first-order valence-corrected chi connectivity index (χ1v) is 10.8. The smallest absolute Gasteiger partial charge is 0.214 e. The number of hydrogen-bond acceptors (Lipinski definition) is 2. The highest BCUT2D eigenvalue weighted by molar-refractivity contribution is 5.90. The third kappa shape index (κ3) is 4.24. The van der Waals surface area contributed by atoms with Crippen LogP contribution in [0.3, 0.4) is 0 Å². The van der Waals surface area contributed by atoms with Gasteiger partial charge in [-0.2, -0.15) is 4.57 Å². The van der Waals surface area contributed by atoms with Crippen LogP contribution in [0.25, 0.3) is 34.0 Å². The van der Waals surface area contributed by atoms with E-state index in [2.05, 4.69) is 113 Å². The lowest BCUT2D eigenvalue weighted by atomic mass is 10.1. The fourth-order valence-electron chi connectivity index (χ4n) is 4.01. The molecule has 0 spiro atoms. The number of anilines is 1. The summed E-state index contributed by atoms with van der Waals surface area (Å²) in [7, 11) is 2.13. The molecule has 4 aromatic rings. The predicted octanol–water partition coefficient (Wildman–Crippen LogP) is 5.07. The van der Waals surface area contributed by atoms with Crippen molar-refractivity contribution in [3.63, 3.8) is 0 Å². The maximum absolute atomic E-state index is 3.68. The fraction of sp³-hybridized carbons (Fsp3) is 0.269. The molecule has 0 amide bonds. The molecule has 4 heteroatoms. The number of hydrogen-bond donors (Lipinski definition) is 2. The number of aromatic nitrogens is 2. The first kappa shape index (κ1) is 20.2.